The Balaban J connectivity index is 1.86. The Morgan fingerprint density at radius 1 is 1.22 bits per heavy atom. The van der Waals surface area contributed by atoms with Crippen LogP contribution >= 0.6 is 0 Å². The zero-order valence-electron chi connectivity index (χ0n) is 15.1. The molecule has 1 atom stereocenters. The van der Waals surface area contributed by atoms with Gasteiger partial charge in [-0.25, -0.2) is 0 Å². The average Bonchev–Trinajstić information content (AvgIpc) is 2.49. The summed E-state index contributed by atoms with van der Waals surface area (Å²) in [6.45, 7) is 8.61. The first kappa shape index (κ1) is 17.8. The van der Waals surface area contributed by atoms with Gasteiger partial charge in [0.2, 0.25) is 0 Å². The van der Waals surface area contributed by atoms with Crippen LogP contribution in [-0.2, 0) is 9.53 Å². The molecule has 1 aliphatic heterocycles. The normalized spacial score (nSPS) is 24.3. The summed E-state index contributed by atoms with van der Waals surface area (Å²) in [6.07, 6.45) is 15.4. The van der Waals surface area contributed by atoms with Crippen molar-refractivity contribution < 1.29 is 9.53 Å². The van der Waals surface area contributed by atoms with Crippen molar-refractivity contribution in [2.45, 2.75) is 78.2 Å². The van der Waals surface area contributed by atoms with E-state index < -0.39 is 0 Å². The van der Waals surface area contributed by atoms with Crippen LogP contribution < -0.4 is 0 Å². The first-order valence-corrected chi connectivity index (χ1v) is 8.83. The van der Waals surface area contributed by atoms with Gasteiger partial charge in [-0.1, -0.05) is 23.3 Å². The van der Waals surface area contributed by atoms with Crippen LogP contribution in [0.3, 0.4) is 0 Å². The van der Waals surface area contributed by atoms with E-state index in [1.807, 2.05) is 6.08 Å². The fourth-order valence-corrected chi connectivity index (χ4v) is 3.08. The summed E-state index contributed by atoms with van der Waals surface area (Å²) in [5.74, 6) is 1.15. The highest BCUT2D eigenvalue weighted by molar-refractivity contribution is 5.99. The summed E-state index contributed by atoms with van der Waals surface area (Å²) >= 11 is 0. The van der Waals surface area contributed by atoms with Gasteiger partial charge >= 0.3 is 0 Å². The minimum Gasteiger partial charge on any atom is -0.487 e. The fraction of sp³-hybridized carbons (Fsp3) is 0.571. The fourth-order valence-electron chi connectivity index (χ4n) is 3.08. The number of unbranched alkanes of at least 4 members (excludes halogenated alkanes) is 1. The van der Waals surface area contributed by atoms with Crippen molar-refractivity contribution in [3.63, 3.8) is 0 Å². The number of hydrogen-bond acceptors (Lipinski definition) is 2. The van der Waals surface area contributed by atoms with Crippen molar-refractivity contribution in [1.82, 2.24) is 0 Å². The second kappa shape index (κ2) is 7.81. The van der Waals surface area contributed by atoms with Crippen LogP contribution in [0, 0.1) is 0 Å². The van der Waals surface area contributed by atoms with Gasteiger partial charge in [0.05, 0.1) is 5.57 Å². The van der Waals surface area contributed by atoms with Crippen LogP contribution in [0.15, 0.2) is 46.8 Å². The molecular formula is C21H30O2. The van der Waals surface area contributed by atoms with Gasteiger partial charge in [0.25, 0.3) is 0 Å². The van der Waals surface area contributed by atoms with Crippen LogP contribution in [0.1, 0.15) is 72.6 Å². The van der Waals surface area contributed by atoms with E-state index in [4.69, 9.17) is 4.74 Å². The second-order valence-corrected chi connectivity index (χ2v) is 7.27. The summed E-state index contributed by atoms with van der Waals surface area (Å²) in [4.78, 5) is 11.9. The van der Waals surface area contributed by atoms with Gasteiger partial charge in [0, 0.05) is 12.8 Å². The SMILES string of the molecule is CC(C)=CCCC=C(C)CCC1(C)C=CC2=C(CCCC2=O)O1. The number of Topliss-reactive ketones (excluding diaryl/α,β-unsaturated/α-hetero) is 1. The molecule has 0 radical (unpaired) electrons. The Hall–Kier alpha value is -1.57. The molecule has 0 aromatic heterocycles. The lowest BCUT2D eigenvalue weighted by atomic mass is 9.88. The maximum Gasteiger partial charge on any atom is 0.166 e. The van der Waals surface area contributed by atoms with Gasteiger partial charge in [-0.2, -0.15) is 0 Å². The molecular weight excluding hydrogens is 284 g/mol. The summed E-state index contributed by atoms with van der Waals surface area (Å²) in [5.41, 5.74) is 3.34. The van der Waals surface area contributed by atoms with Crippen LogP contribution in [0.25, 0.3) is 0 Å². The number of allylic oxidation sites excluding steroid dienone is 7. The molecule has 23 heavy (non-hydrogen) atoms. The maximum atomic E-state index is 11.9. The number of carbonyl (C=O) groups is 1. The molecule has 1 heterocycles. The highest BCUT2D eigenvalue weighted by atomic mass is 16.5. The molecule has 2 aliphatic rings. The van der Waals surface area contributed by atoms with Crippen molar-refractivity contribution in [3.05, 3.63) is 46.8 Å². The van der Waals surface area contributed by atoms with Crippen LogP contribution in [0.5, 0.6) is 0 Å². The van der Waals surface area contributed by atoms with E-state index in [1.165, 1.54) is 11.1 Å². The van der Waals surface area contributed by atoms with Gasteiger partial charge in [-0.05, 0) is 72.0 Å². The number of ether oxygens (including phenoxy) is 1. The summed E-state index contributed by atoms with van der Waals surface area (Å²) in [5, 5.41) is 0. The Morgan fingerprint density at radius 2 is 1.96 bits per heavy atom. The highest BCUT2D eigenvalue weighted by Gasteiger charge is 2.32. The molecule has 0 N–H and O–H groups in total. The van der Waals surface area contributed by atoms with E-state index in [0.717, 1.165) is 49.9 Å². The van der Waals surface area contributed by atoms with E-state index >= 15 is 0 Å². The molecule has 1 aliphatic carbocycles. The lowest BCUT2D eigenvalue weighted by Gasteiger charge is -2.34. The molecule has 2 heteroatoms. The van der Waals surface area contributed by atoms with Crippen molar-refractivity contribution in [2.24, 2.45) is 0 Å². The minimum absolute atomic E-state index is 0.236. The molecule has 126 valence electrons. The quantitative estimate of drug-likeness (QED) is 0.456. The van der Waals surface area contributed by atoms with E-state index in [9.17, 15) is 4.79 Å². The molecule has 0 spiro atoms. The molecule has 0 aromatic rings. The van der Waals surface area contributed by atoms with E-state index in [0.29, 0.717) is 6.42 Å². The Labute approximate surface area is 141 Å². The van der Waals surface area contributed by atoms with Gasteiger partial charge in [0.1, 0.15) is 11.4 Å². The number of ketones is 1. The number of carbonyl (C=O) groups excluding carboxylic acids is 1. The van der Waals surface area contributed by atoms with Crippen molar-refractivity contribution in [2.75, 3.05) is 0 Å². The zero-order chi connectivity index (χ0) is 16.9. The lowest BCUT2D eigenvalue weighted by molar-refractivity contribution is -0.116. The molecule has 0 saturated heterocycles. The first-order chi connectivity index (χ1) is 10.9. The molecule has 0 saturated carbocycles. The Bertz CT molecular complexity index is 571. The average molecular weight is 314 g/mol. The summed E-state index contributed by atoms with van der Waals surface area (Å²) in [6, 6.07) is 0. The van der Waals surface area contributed by atoms with Gasteiger partial charge in [0.15, 0.2) is 5.78 Å². The van der Waals surface area contributed by atoms with Gasteiger partial charge in [-0.15, -0.1) is 0 Å². The monoisotopic (exact) mass is 314 g/mol. The predicted octanol–water partition coefficient (Wildman–Crippen LogP) is 5.81. The van der Waals surface area contributed by atoms with Crippen LogP contribution in [0.2, 0.25) is 0 Å². The zero-order valence-corrected chi connectivity index (χ0v) is 15.1. The highest BCUT2D eigenvalue weighted by Crippen LogP contribution is 2.35. The third-order valence-electron chi connectivity index (χ3n) is 4.60. The Morgan fingerprint density at radius 3 is 2.70 bits per heavy atom. The largest absolute Gasteiger partial charge is 0.487 e. The summed E-state index contributed by atoms with van der Waals surface area (Å²) < 4.78 is 6.19. The third kappa shape index (κ3) is 5.23. The maximum absolute atomic E-state index is 11.9. The molecule has 2 nitrogen and oxygen atoms in total. The first-order valence-electron chi connectivity index (χ1n) is 8.83. The molecule has 2 rings (SSSR count). The smallest absolute Gasteiger partial charge is 0.166 e. The molecule has 1 unspecified atom stereocenters. The minimum atomic E-state index is -0.272. The molecule has 0 aromatic carbocycles. The lowest BCUT2D eigenvalue weighted by Crippen LogP contribution is -2.31. The van der Waals surface area contributed by atoms with Gasteiger partial charge < -0.3 is 4.74 Å². The van der Waals surface area contributed by atoms with E-state index in [2.05, 4.69) is 45.9 Å². The second-order valence-electron chi connectivity index (χ2n) is 7.27. The molecule has 0 bridgehead atoms. The topological polar surface area (TPSA) is 26.3 Å². The van der Waals surface area contributed by atoms with Crippen molar-refractivity contribution >= 4 is 5.78 Å². The standard InChI is InChI=1S/C21H30O2/c1-16(2)8-5-6-9-17(3)12-14-21(4)15-13-18-19(22)10-7-11-20(18)23-21/h8-9,13,15H,5-7,10-12,14H2,1-4H3. The van der Waals surface area contributed by atoms with Crippen LogP contribution in [-0.4, -0.2) is 11.4 Å². The molecule has 0 amide bonds. The number of rotatable bonds is 6. The van der Waals surface area contributed by atoms with E-state index in [1.54, 1.807) is 0 Å². The predicted molar refractivity (Wildman–Crippen MR) is 96.2 cm³/mol. The number of hydrogen-bond donors (Lipinski definition) is 0. The Kier molecular flexibility index (Phi) is 6.04. The third-order valence-corrected chi connectivity index (χ3v) is 4.60. The summed E-state index contributed by atoms with van der Waals surface area (Å²) in [7, 11) is 0. The van der Waals surface area contributed by atoms with Crippen LogP contribution in [0.4, 0.5) is 0 Å². The van der Waals surface area contributed by atoms with E-state index in [-0.39, 0.29) is 11.4 Å². The van der Waals surface area contributed by atoms with Crippen molar-refractivity contribution in [1.29, 1.82) is 0 Å². The molecule has 0 fully saturated rings. The van der Waals surface area contributed by atoms with Crippen molar-refractivity contribution in [3.8, 4) is 0 Å². The van der Waals surface area contributed by atoms with Gasteiger partial charge in [-0.3, -0.25) is 4.79 Å².